The fraction of sp³-hybridized carbons (Fsp3) is 1.00. The molecule has 2 saturated carbocycles. The van der Waals surface area contributed by atoms with Gasteiger partial charge in [0.25, 0.3) is 0 Å². The fourth-order valence-electron chi connectivity index (χ4n) is 4.76. The van der Waals surface area contributed by atoms with Crippen LogP contribution in [-0.2, 0) is 14.8 Å². The highest BCUT2D eigenvalue weighted by atomic mass is 32.2. The number of rotatable bonds is 5. The largest absolute Gasteiger partial charge is 0.378 e. The molecule has 1 aliphatic heterocycles. The van der Waals surface area contributed by atoms with Crippen LogP contribution >= 0.6 is 0 Å². The number of nitrogens with one attached hydrogen (secondary N) is 1. The number of piperidine rings is 1. The minimum atomic E-state index is -3.02. The molecule has 0 aromatic carbocycles. The Kier molecular flexibility index (Phi) is 4.84. The molecule has 1 saturated heterocycles. The smallest absolute Gasteiger partial charge is 0.211 e. The number of hydrogen-bond acceptors (Lipinski definition) is 4. The van der Waals surface area contributed by atoms with E-state index in [4.69, 9.17) is 4.74 Å². The Hall–Kier alpha value is -0.170. The van der Waals surface area contributed by atoms with E-state index in [1.165, 1.54) is 31.9 Å². The Bertz CT molecular complexity index is 480. The first-order valence-corrected chi connectivity index (χ1v) is 10.6. The summed E-state index contributed by atoms with van der Waals surface area (Å²) in [6.45, 7) is 4.21. The van der Waals surface area contributed by atoms with Crippen molar-refractivity contribution in [3.05, 3.63) is 0 Å². The molecule has 128 valence electrons. The van der Waals surface area contributed by atoms with Crippen LogP contribution in [0.1, 0.15) is 51.9 Å². The summed E-state index contributed by atoms with van der Waals surface area (Å²) in [6.07, 6.45) is 9.97. The highest BCUT2D eigenvalue weighted by molar-refractivity contribution is 7.88. The fourth-order valence-corrected chi connectivity index (χ4v) is 5.63. The summed E-state index contributed by atoms with van der Waals surface area (Å²) in [7, 11) is -3.02. The van der Waals surface area contributed by atoms with E-state index in [0.717, 1.165) is 25.9 Å². The molecule has 1 spiro atoms. The van der Waals surface area contributed by atoms with Crippen LogP contribution in [0.5, 0.6) is 0 Å². The van der Waals surface area contributed by atoms with Gasteiger partial charge in [-0.1, -0.05) is 12.8 Å². The van der Waals surface area contributed by atoms with Crippen molar-refractivity contribution >= 4 is 10.0 Å². The predicted molar refractivity (Wildman–Crippen MR) is 87.3 cm³/mol. The Morgan fingerprint density at radius 1 is 1.23 bits per heavy atom. The van der Waals surface area contributed by atoms with Gasteiger partial charge in [0.2, 0.25) is 10.0 Å². The first-order chi connectivity index (χ1) is 10.5. The minimum absolute atomic E-state index is 0.365. The van der Waals surface area contributed by atoms with Crippen LogP contribution in [0.15, 0.2) is 0 Å². The molecule has 0 unspecified atom stereocenters. The van der Waals surface area contributed by atoms with E-state index in [2.05, 4.69) is 12.2 Å². The van der Waals surface area contributed by atoms with Crippen LogP contribution in [0, 0.1) is 5.41 Å². The molecule has 2 atom stereocenters. The number of hydrogen-bond donors (Lipinski definition) is 1. The Morgan fingerprint density at radius 2 is 1.86 bits per heavy atom. The lowest BCUT2D eigenvalue weighted by atomic mass is 9.60. The summed E-state index contributed by atoms with van der Waals surface area (Å²) in [4.78, 5) is 0. The van der Waals surface area contributed by atoms with Crippen molar-refractivity contribution in [3.63, 3.8) is 0 Å². The first kappa shape index (κ1) is 16.7. The zero-order valence-electron chi connectivity index (χ0n) is 13.9. The molecule has 3 aliphatic rings. The third kappa shape index (κ3) is 3.07. The molecule has 0 radical (unpaired) electrons. The van der Waals surface area contributed by atoms with E-state index in [1.807, 2.05) is 0 Å². The molecule has 3 fully saturated rings. The third-order valence-electron chi connectivity index (χ3n) is 6.05. The lowest BCUT2D eigenvalue weighted by molar-refractivity contribution is -0.133. The number of sulfonamides is 1. The van der Waals surface area contributed by atoms with Crippen LogP contribution < -0.4 is 5.32 Å². The highest BCUT2D eigenvalue weighted by Gasteiger charge is 2.56. The molecule has 0 aromatic rings. The Morgan fingerprint density at radius 3 is 2.41 bits per heavy atom. The lowest BCUT2D eigenvalue weighted by Crippen LogP contribution is -2.65. The molecule has 6 heteroatoms. The van der Waals surface area contributed by atoms with Gasteiger partial charge in [0.1, 0.15) is 0 Å². The summed E-state index contributed by atoms with van der Waals surface area (Å²) in [5.74, 6) is 0. The standard InChI is InChI=1S/C16H30N2O3S/c1-3-21-15-12-14(16(15)8-4-5-9-16)17-13-6-10-18(11-7-13)22(2,19)20/h13-15,17H,3-12H2,1-2H3/t14-,15+/m1/s1. The normalized spacial score (nSPS) is 33.2. The van der Waals surface area contributed by atoms with Crippen molar-refractivity contribution in [2.24, 2.45) is 5.41 Å². The van der Waals surface area contributed by atoms with Crippen LogP contribution in [-0.4, -0.2) is 56.9 Å². The maximum atomic E-state index is 11.6. The SMILES string of the molecule is CCO[C@H]1C[C@@H](NC2CCN(S(C)(=O)=O)CC2)C12CCCC2. The van der Waals surface area contributed by atoms with Gasteiger partial charge in [-0.2, -0.15) is 0 Å². The topological polar surface area (TPSA) is 58.6 Å². The second-order valence-electron chi connectivity index (χ2n) is 7.28. The molecule has 0 amide bonds. The predicted octanol–water partition coefficient (Wildman–Crippen LogP) is 1.74. The maximum Gasteiger partial charge on any atom is 0.211 e. The van der Waals surface area contributed by atoms with E-state index >= 15 is 0 Å². The quantitative estimate of drug-likeness (QED) is 0.834. The second-order valence-corrected chi connectivity index (χ2v) is 9.26. The maximum absolute atomic E-state index is 11.6. The van der Waals surface area contributed by atoms with E-state index in [0.29, 0.717) is 36.7 Å². The molecule has 22 heavy (non-hydrogen) atoms. The summed E-state index contributed by atoms with van der Waals surface area (Å²) >= 11 is 0. The van der Waals surface area contributed by atoms with Crippen molar-refractivity contribution in [2.75, 3.05) is 26.0 Å². The van der Waals surface area contributed by atoms with Gasteiger partial charge in [-0.25, -0.2) is 12.7 Å². The molecule has 1 heterocycles. The van der Waals surface area contributed by atoms with Gasteiger partial charge in [0, 0.05) is 37.2 Å². The highest BCUT2D eigenvalue weighted by Crippen LogP contribution is 2.55. The summed E-state index contributed by atoms with van der Waals surface area (Å²) < 4.78 is 30.8. The summed E-state index contributed by atoms with van der Waals surface area (Å²) in [5.41, 5.74) is 0.365. The van der Waals surface area contributed by atoms with Gasteiger partial charge in [-0.15, -0.1) is 0 Å². The monoisotopic (exact) mass is 330 g/mol. The van der Waals surface area contributed by atoms with Gasteiger partial charge < -0.3 is 10.1 Å². The average Bonchev–Trinajstić information content (AvgIpc) is 2.98. The second kappa shape index (κ2) is 6.38. The van der Waals surface area contributed by atoms with Crippen LogP contribution in [0.25, 0.3) is 0 Å². The van der Waals surface area contributed by atoms with E-state index in [-0.39, 0.29) is 0 Å². The van der Waals surface area contributed by atoms with Crippen molar-refractivity contribution in [2.45, 2.75) is 70.1 Å². The van der Waals surface area contributed by atoms with E-state index in [1.54, 1.807) is 4.31 Å². The minimum Gasteiger partial charge on any atom is -0.378 e. The number of ether oxygens (including phenoxy) is 1. The zero-order valence-corrected chi connectivity index (χ0v) is 14.7. The zero-order chi connectivity index (χ0) is 15.8. The molecule has 2 aliphatic carbocycles. The molecular formula is C16H30N2O3S. The van der Waals surface area contributed by atoms with Gasteiger partial charge >= 0.3 is 0 Å². The first-order valence-electron chi connectivity index (χ1n) is 8.78. The van der Waals surface area contributed by atoms with Gasteiger partial charge in [-0.3, -0.25) is 0 Å². The summed E-state index contributed by atoms with van der Waals surface area (Å²) in [5, 5.41) is 3.85. The van der Waals surface area contributed by atoms with Crippen molar-refractivity contribution in [1.82, 2.24) is 9.62 Å². The van der Waals surface area contributed by atoms with Gasteiger partial charge in [0.15, 0.2) is 0 Å². The molecule has 0 aromatic heterocycles. The van der Waals surface area contributed by atoms with Crippen LogP contribution in [0.2, 0.25) is 0 Å². The van der Waals surface area contributed by atoms with Gasteiger partial charge in [0.05, 0.1) is 12.4 Å². The molecule has 3 rings (SSSR count). The van der Waals surface area contributed by atoms with Crippen molar-refractivity contribution in [1.29, 1.82) is 0 Å². The molecular weight excluding hydrogens is 300 g/mol. The molecule has 1 N–H and O–H groups in total. The summed E-state index contributed by atoms with van der Waals surface area (Å²) in [6, 6.07) is 1.03. The molecule has 5 nitrogen and oxygen atoms in total. The third-order valence-corrected chi connectivity index (χ3v) is 7.35. The Balaban J connectivity index is 1.54. The van der Waals surface area contributed by atoms with Gasteiger partial charge in [-0.05, 0) is 39.0 Å². The van der Waals surface area contributed by atoms with E-state index in [9.17, 15) is 8.42 Å². The lowest BCUT2D eigenvalue weighted by Gasteiger charge is -2.55. The Labute approximate surface area is 134 Å². The van der Waals surface area contributed by atoms with E-state index < -0.39 is 10.0 Å². The van der Waals surface area contributed by atoms with Crippen molar-refractivity contribution < 1.29 is 13.2 Å². The average molecular weight is 330 g/mol. The molecule has 0 bridgehead atoms. The van der Waals surface area contributed by atoms with Crippen LogP contribution in [0.3, 0.4) is 0 Å². The van der Waals surface area contributed by atoms with Crippen LogP contribution in [0.4, 0.5) is 0 Å². The number of nitrogens with zero attached hydrogens (tertiary/aromatic N) is 1. The van der Waals surface area contributed by atoms with Crippen molar-refractivity contribution in [3.8, 4) is 0 Å².